The lowest BCUT2D eigenvalue weighted by Gasteiger charge is -2.35. The third kappa shape index (κ3) is 3.73. The van der Waals surface area contributed by atoms with Crippen LogP contribution in [0.4, 0.5) is 0 Å². The van der Waals surface area contributed by atoms with Gasteiger partial charge < -0.3 is 19.0 Å². The van der Waals surface area contributed by atoms with Gasteiger partial charge in [-0.1, -0.05) is 12.1 Å². The van der Waals surface area contributed by atoms with E-state index in [4.69, 9.17) is 9.15 Å². The van der Waals surface area contributed by atoms with E-state index in [1.807, 2.05) is 29.2 Å². The molecule has 0 saturated carbocycles. The molecule has 156 valence electrons. The first-order valence-electron chi connectivity index (χ1n) is 10.3. The number of rotatable bonds is 3. The van der Waals surface area contributed by atoms with Crippen LogP contribution in [-0.4, -0.2) is 66.0 Å². The van der Waals surface area contributed by atoms with E-state index in [0.29, 0.717) is 63.8 Å². The van der Waals surface area contributed by atoms with Crippen molar-refractivity contribution in [3.8, 4) is 10.8 Å². The molecule has 0 N–H and O–H groups in total. The third-order valence-corrected chi connectivity index (χ3v) is 6.83. The summed E-state index contributed by atoms with van der Waals surface area (Å²) in [5.74, 6) is 0.988. The second-order valence-corrected chi connectivity index (χ2v) is 8.69. The van der Waals surface area contributed by atoms with Crippen LogP contribution in [0.25, 0.3) is 21.0 Å². The quantitative estimate of drug-likeness (QED) is 0.644. The van der Waals surface area contributed by atoms with Crippen LogP contribution in [0.1, 0.15) is 23.4 Å². The molecule has 30 heavy (non-hydrogen) atoms. The molecule has 0 bridgehead atoms. The van der Waals surface area contributed by atoms with E-state index in [1.54, 1.807) is 28.4 Å². The topological polar surface area (TPSA) is 75.9 Å². The molecule has 2 fully saturated rings. The summed E-state index contributed by atoms with van der Waals surface area (Å²) in [6.07, 6.45) is 1.38. The number of amides is 2. The predicted molar refractivity (Wildman–Crippen MR) is 113 cm³/mol. The molecule has 0 radical (unpaired) electrons. The molecule has 4 heterocycles. The van der Waals surface area contributed by atoms with Gasteiger partial charge in [-0.15, -0.1) is 11.3 Å². The summed E-state index contributed by atoms with van der Waals surface area (Å²) in [5.41, 5.74) is 0.925. The summed E-state index contributed by atoms with van der Waals surface area (Å²) in [6.45, 7) is 3.68. The van der Waals surface area contributed by atoms with Crippen LogP contribution in [0, 0.1) is 5.92 Å². The fourth-order valence-electron chi connectivity index (χ4n) is 4.07. The van der Waals surface area contributed by atoms with Crippen LogP contribution in [0.3, 0.4) is 0 Å². The Morgan fingerprint density at radius 2 is 1.73 bits per heavy atom. The molecular formula is C22H23N3O4S. The fourth-order valence-corrected chi connectivity index (χ4v) is 5.00. The van der Waals surface area contributed by atoms with E-state index in [2.05, 4.69) is 4.98 Å². The molecule has 5 rings (SSSR count). The SMILES string of the molecule is O=C(c1ccc(-c2nc3ccccc3s2)o1)N1CCC(C(=O)N2CCOCC2)CC1. The molecule has 0 spiro atoms. The largest absolute Gasteiger partial charge is 0.448 e. The lowest BCUT2D eigenvalue weighted by molar-refractivity contribution is -0.141. The molecule has 2 aromatic heterocycles. The third-order valence-electron chi connectivity index (χ3n) is 5.78. The number of aromatic nitrogens is 1. The molecule has 2 aliphatic heterocycles. The van der Waals surface area contributed by atoms with Crippen molar-refractivity contribution < 1.29 is 18.7 Å². The standard InChI is InChI=1S/C22H23N3O4S/c26-21(25-11-13-28-14-12-25)15-7-9-24(10-8-15)22(27)18-6-5-17(29-18)20-23-16-3-1-2-4-19(16)30-20/h1-6,15H,7-14H2. The molecule has 8 heteroatoms. The van der Waals surface area contributed by atoms with Gasteiger partial charge in [0.25, 0.3) is 5.91 Å². The number of likely N-dealkylation sites (tertiary alicyclic amines) is 1. The van der Waals surface area contributed by atoms with Crippen LogP contribution < -0.4 is 0 Å². The van der Waals surface area contributed by atoms with E-state index in [-0.39, 0.29) is 17.7 Å². The number of piperidine rings is 1. The van der Waals surface area contributed by atoms with Crippen molar-refractivity contribution in [3.63, 3.8) is 0 Å². The van der Waals surface area contributed by atoms with Crippen molar-refractivity contribution in [1.82, 2.24) is 14.8 Å². The van der Waals surface area contributed by atoms with Crippen LogP contribution >= 0.6 is 11.3 Å². The van der Waals surface area contributed by atoms with Crippen LogP contribution in [-0.2, 0) is 9.53 Å². The Kier molecular flexibility index (Phi) is 5.26. The number of hydrogen-bond donors (Lipinski definition) is 0. The Labute approximate surface area is 178 Å². The smallest absolute Gasteiger partial charge is 0.289 e. The first kappa shape index (κ1) is 19.3. The van der Waals surface area contributed by atoms with Gasteiger partial charge in [0, 0.05) is 32.1 Å². The van der Waals surface area contributed by atoms with E-state index >= 15 is 0 Å². The van der Waals surface area contributed by atoms with Crippen molar-refractivity contribution >= 4 is 33.4 Å². The highest BCUT2D eigenvalue weighted by Crippen LogP contribution is 2.31. The van der Waals surface area contributed by atoms with Crippen molar-refractivity contribution in [2.24, 2.45) is 5.92 Å². The van der Waals surface area contributed by atoms with Crippen molar-refractivity contribution in [3.05, 3.63) is 42.2 Å². The fraction of sp³-hybridized carbons (Fsp3) is 0.409. The predicted octanol–water partition coefficient (Wildman–Crippen LogP) is 3.27. The molecule has 2 amide bonds. The molecular weight excluding hydrogens is 402 g/mol. The van der Waals surface area contributed by atoms with E-state index in [9.17, 15) is 9.59 Å². The van der Waals surface area contributed by atoms with Gasteiger partial charge in [0.15, 0.2) is 16.5 Å². The zero-order valence-corrected chi connectivity index (χ0v) is 17.4. The van der Waals surface area contributed by atoms with Gasteiger partial charge in [0.2, 0.25) is 5.91 Å². The lowest BCUT2D eigenvalue weighted by Crippen LogP contribution is -2.47. The number of carbonyl (C=O) groups excluding carboxylic acids is 2. The number of para-hydroxylation sites is 1. The minimum absolute atomic E-state index is 0.0120. The Bertz CT molecular complexity index is 1030. The van der Waals surface area contributed by atoms with E-state index < -0.39 is 0 Å². The number of carbonyl (C=O) groups is 2. The van der Waals surface area contributed by atoms with Crippen LogP contribution in [0.5, 0.6) is 0 Å². The van der Waals surface area contributed by atoms with Crippen molar-refractivity contribution in [1.29, 1.82) is 0 Å². The monoisotopic (exact) mass is 425 g/mol. The normalized spacial score (nSPS) is 18.1. The minimum Gasteiger partial charge on any atom is -0.448 e. The zero-order valence-electron chi connectivity index (χ0n) is 16.6. The average molecular weight is 426 g/mol. The van der Waals surface area contributed by atoms with Crippen molar-refractivity contribution in [2.75, 3.05) is 39.4 Å². The summed E-state index contributed by atoms with van der Waals surface area (Å²) < 4.78 is 12.3. The van der Waals surface area contributed by atoms with E-state index in [1.165, 1.54) is 0 Å². The molecule has 0 aliphatic carbocycles. The summed E-state index contributed by atoms with van der Waals surface area (Å²) >= 11 is 1.55. The number of benzene rings is 1. The molecule has 2 aliphatic rings. The maximum atomic E-state index is 12.9. The molecule has 0 unspecified atom stereocenters. The Hall–Kier alpha value is -2.71. The van der Waals surface area contributed by atoms with Gasteiger partial charge in [0.05, 0.1) is 23.4 Å². The Morgan fingerprint density at radius 1 is 0.967 bits per heavy atom. The summed E-state index contributed by atoms with van der Waals surface area (Å²) in [5, 5.41) is 0.769. The number of thiazole rings is 1. The number of hydrogen-bond acceptors (Lipinski definition) is 6. The Balaban J connectivity index is 1.22. The second kappa shape index (κ2) is 8.20. The average Bonchev–Trinajstić information content (AvgIpc) is 3.46. The van der Waals surface area contributed by atoms with Gasteiger partial charge in [0.1, 0.15) is 0 Å². The maximum absolute atomic E-state index is 12.9. The van der Waals surface area contributed by atoms with Gasteiger partial charge >= 0.3 is 0 Å². The number of nitrogens with zero attached hydrogens (tertiary/aromatic N) is 3. The molecule has 3 aromatic rings. The van der Waals surface area contributed by atoms with Gasteiger partial charge in [-0.3, -0.25) is 9.59 Å². The number of ether oxygens (including phenoxy) is 1. The second-order valence-electron chi connectivity index (χ2n) is 7.65. The molecule has 1 aromatic carbocycles. The van der Waals surface area contributed by atoms with Gasteiger partial charge in [-0.25, -0.2) is 4.98 Å². The van der Waals surface area contributed by atoms with Crippen LogP contribution in [0.15, 0.2) is 40.8 Å². The minimum atomic E-state index is -0.125. The first-order valence-corrected chi connectivity index (χ1v) is 11.1. The molecule has 0 atom stereocenters. The number of morpholine rings is 1. The summed E-state index contributed by atoms with van der Waals surface area (Å²) in [6, 6.07) is 11.4. The highest BCUT2D eigenvalue weighted by molar-refractivity contribution is 7.21. The maximum Gasteiger partial charge on any atom is 0.289 e. The number of fused-ring (bicyclic) bond motifs is 1. The highest BCUT2D eigenvalue weighted by atomic mass is 32.1. The zero-order chi connectivity index (χ0) is 20.5. The van der Waals surface area contributed by atoms with Crippen LogP contribution in [0.2, 0.25) is 0 Å². The molecule has 2 saturated heterocycles. The number of furan rings is 1. The van der Waals surface area contributed by atoms with Gasteiger partial charge in [-0.2, -0.15) is 0 Å². The van der Waals surface area contributed by atoms with E-state index in [0.717, 1.165) is 15.2 Å². The summed E-state index contributed by atoms with van der Waals surface area (Å²) in [4.78, 5) is 33.8. The molecule has 7 nitrogen and oxygen atoms in total. The Morgan fingerprint density at radius 3 is 2.50 bits per heavy atom. The lowest BCUT2D eigenvalue weighted by atomic mass is 9.95. The first-order chi connectivity index (χ1) is 14.7. The highest BCUT2D eigenvalue weighted by Gasteiger charge is 2.32. The van der Waals surface area contributed by atoms with Gasteiger partial charge in [-0.05, 0) is 37.1 Å². The summed E-state index contributed by atoms with van der Waals surface area (Å²) in [7, 11) is 0. The van der Waals surface area contributed by atoms with Crippen molar-refractivity contribution in [2.45, 2.75) is 12.8 Å².